The van der Waals surface area contributed by atoms with E-state index in [0.29, 0.717) is 5.95 Å². The number of aromatic nitrogens is 3. The largest absolute Gasteiger partial charge is 0.344 e. The topological polar surface area (TPSA) is 53.9 Å². The third-order valence-corrected chi connectivity index (χ3v) is 3.07. The summed E-state index contributed by atoms with van der Waals surface area (Å²) >= 11 is 5.88. The molecule has 2 rings (SSSR count). The zero-order valence-electron chi connectivity index (χ0n) is 12.3. The molecule has 0 spiro atoms. The fourth-order valence-electron chi connectivity index (χ4n) is 1.82. The van der Waals surface area contributed by atoms with Crippen molar-refractivity contribution in [3.8, 4) is 0 Å². The minimum atomic E-state index is -0.692. The Labute approximate surface area is 132 Å². The van der Waals surface area contributed by atoms with Gasteiger partial charge in [-0.15, -0.1) is 0 Å². The summed E-state index contributed by atoms with van der Waals surface area (Å²) in [6, 6.07) is 3.07. The van der Waals surface area contributed by atoms with Crippen LogP contribution in [-0.2, 0) is 0 Å². The minimum absolute atomic E-state index is 0.00715. The van der Waals surface area contributed by atoms with Crippen LogP contribution in [0.25, 0.3) is 0 Å². The summed E-state index contributed by atoms with van der Waals surface area (Å²) in [4.78, 5) is 14.0. The molecule has 0 unspecified atom stereocenters. The maximum Gasteiger partial charge on any atom is 0.233 e. The van der Waals surface area contributed by atoms with Crippen LogP contribution in [-0.4, -0.2) is 28.5 Å². The van der Waals surface area contributed by atoms with Gasteiger partial charge in [-0.3, -0.25) is 0 Å². The second-order valence-corrected chi connectivity index (χ2v) is 5.12. The Balaban J connectivity index is 2.22. The molecule has 0 radical (unpaired) electrons. The Morgan fingerprint density at radius 1 is 1.14 bits per heavy atom. The van der Waals surface area contributed by atoms with Crippen LogP contribution in [0, 0.1) is 11.6 Å². The number of halogens is 3. The third kappa shape index (κ3) is 4.49. The summed E-state index contributed by atoms with van der Waals surface area (Å²) in [5.41, 5.74) is 0.196. The van der Waals surface area contributed by atoms with Gasteiger partial charge in [-0.25, -0.2) is 8.78 Å². The van der Waals surface area contributed by atoms with Gasteiger partial charge in [-0.1, -0.05) is 13.3 Å². The van der Waals surface area contributed by atoms with E-state index in [1.54, 1.807) is 0 Å². The van der Waals surface area contributed by atoms with Crippen LogP contribution < -0.4 is 10.2 Å². The number of unbranched alkanes of at least 4 members (excludes halogenated alkanes) is 1. The average molecular weight is 328 g/mol. The van der Waals surface area contributed by atoms with Crippen molar-refractivity contribution in [2.75, 3.05) is 23.8 Å². The molecule has 0 aliphatic rings. The molecule has 0 bridgehead atoms. The predicted molar refractivity (Wildman–Crippen MR) is 82.7 cm³/mol. The lowest BCUT2D eigenvalue weighted by Gasteiger charge is -2.17. The molecule has 22 heavy (non-hydrogen) atoms. The van der Waals surface area contributed by atoms with E-state index in [9.17, 15) is 8.78 Å². The second-order valence-electron chi connectivity index (χ2n) is 4.79. The first-order chi connectivity index (χ1) is 10.5. The monoisotopic (exact) mass is 327 g/mol. The number of nitrogens with zero attached hydrogens (tertiary/aromatic N) is 4. The molecular weight excluding hydrogens is 312 g/mol. The number of hydrogen-bond acceptors (Lipinski definition) is 5. The van der Waals surface area contributed by atoms with Gasteiger partial charge >= 0.3 is 0 Å². The first-order valence-electron chi connectivity index (χ1n) is 6.83. The number of benzene rings is 1. The average Bonchev–Trinajstić information content (AvgIpc) is 2.42. The number of nitrogens with one attached hydrogen (secondary N) is 1. The number of anilines is 3. The highest BCUT2D eigenvalue weighted by Crippen LogP contribution is 2.19. The van der Waals surface area contributed by atoms with Gasteiger partial charge in [-0.05, 0) is 30.2 Å². The summed E-state index contributed by atoms with van der Waals surface area (Å²) in [5.74, 6) is -0.859. The van der Waals surface area contributed by atoms with E-state index in [2.05, 4.69) is 27.2 Å². The van der Waals surface area contributed by atoms with E-state index in [1.807, 2.05) is 11.9 Å². The molecule has 0 atom stereocenters. The fourth-order valence-corrected chi connectivity index (χ4v) is 1.97. The Hall–Kier alpha value is -2.02. The van der Waals surface area contributed by atoms with Crippen molar-refractivity contribution in [2.24, 2.45) is 0 Å². The van der Waals surface area contributed by atoms with Gasteiger partial charge < -0.3 is 10.2 Å². The van der Waals surface area contributed by atoms with Crippen LogP contribution >= 0.6 is 11.6 Å². The van der Waals surface area contributed by atoms with E-state index >= 15 is 0 Å². The van der Waals surface area contributed by atoms with Crippen molar-refractivity contribution >= 4 is 29.2 Å². The molecule has 5 nitrogen and oxygen atoms in total. The fraction of sp³-hybridized carbons (Fsp3) is 0.357. The highest BCUT2D eigenvalue weighted by molar-refractivity contribution is 6.28. The second kappa shape index (κ2) is 7.31. The van der Waals surface area contributed by atoms with Gasteiger partial charge in [-0.2, -0.15) is 15.0 Å². The molecule has 0 fully saturated rings. The zero-order chi connectivity index (χ0) is 16.1. The van der Waals surface area contributed by atoms with Crippen LogP contribution in [0.15, 0.2) is 18.2 Å². The molecule has 1 N–H and O–H groups in total. The van der Waals surface area contributed by atoms with Crippen LogP contribution in [0.5, 0.6) is 0 Å². The molecule has 118 valence electrons. The van der Waals surface area contributed by atoms with Crippen LogP contribution in [0.2, 0.25) is 5.28 Å². The van der Waals surface area contributed by atoms with Crippen LogP contribution in [0.4, 0.5) is 26.4 Å². The number of hydrogen-bond donors (Lipinski definition) is 1. The molecule has 0 amide bonds. The maximum absolute atomic E-state index is 13.2. The van der Waals surface area contributed by atoms with E-state index in [0.717, 1.165) is 37.6 Å². The molecule has 0 saturated carbocycles. The van der Waals surface area contributed by atoms with E-state index in [4.69, 9.17) is 11.6 Å². The molecule has 1 aromatic heterocycles. The highest BCUT2D eigenvalue weighted by atomic mass is 35.5. The van der Waals surface area contributed by atoms with Gasteiger partial charge in [0.05, 0.1) is 0 Å². The summed E-state index contributed by atoms with van der Waals surface area (Å²) in [6.07, 6.45) is 2.02. The van der Waals surface area contributed by atoms with Crippen molar-refractivity contribution in [3.05, 3.63) is 35.1 Å². The van der Waals surface area contributed by atoms with Crippen molar-refractivity contribution < 1.29 is 8.78 Å². The van der Waals surface area contributed by atoms with E-state index in [-0.39, 0.29) is 16.9 Å². The summed E-state index contributed by atoms with van der Waals surface area (Å²) in [7, 11) is 1.84. The van der Waals surface area contributed by atoms with Crippen LogP contribution in [0.1, 0.15) is 19.8 Å². The Morgan fingerprint density at radius 3 is 2.45 bits per heavy atom. The van der Waals surface area contributed by atoms with Gasteiger partial charge in [0.15, 0.2) is 0 Å². The first-order valence-corrected chi connectivity index (χ1v) is 7.21. The molecule has 0 aliphatic heterocycles. The minimum Gasteiger partial charge on any atom is -0.344 e. The third-order valence-electron chi connectivity index (χ3n) is 2.90. The SMILES string of the molecule is CCCCN(C)c1nc(Cl)nc(Nc2cc(F)cc(F)c2)n1. The Bertz CT molecular complexity index is 633. The summed E-state index contributed by atoms with van der Waals surface area (Å²) < 4.78 is 26.4. The molecule has 2 aromatic rings. The molecule has 1 aromatic carbocycles. The quantitative estimate of drug-likeness (QED) is 0.875. The summed E-state index contributed by atoms with van der Waals surface area (Å²) in [6.45, 7) is 2.85. The zero-order valence-corrected chi connectivity index (χ0v) is 13.0. The Kier molecular flexibility index (Phi) is 5.43. The standard InChI is InChI=1S/C14H16ClF2N5/c1-3-4-5-22(2)14-20-12(15)19-13(21-14)18-11-7-9(16)6-10(17)8-11/h6-8H,3-5H2,1-2H3,(H,18,19,20,21). The summed E-state index contributed by atoms with van der Waals surface area (Å²) in [5, 5.41) is 2.73. The predicted octanol–water partition coefficient (Wildman–Crippen LogP) is 3.78. The van der Waals surface area contributed by atoms with Crippen molar-refractivity contribution in [3.63, 3.8) is 0 Å². The van der Waals surface area contributed by atoms with Gasteiger partial charge in [0.25, 0.3) is 0 Å². The molecule has 1 heterocycles. The van der Waals surface area contributed by atoms with Crippen molar-refractivity contribution in [1.82, 2.24) is 15.0 Å². The molecule has 0 aliphatic carbocycles. The number of rotatable bonds is 6. The Morgan fingerprint density at radius 2 is 1.82 bits per heavy atom. The molecular formula is C14H16ClF2N5. The lowest BCUT2D eigenvalue weighted by atomic mass is 10.3. The van der Waals surface area contributed by atoms with Crippen molar-refractivity contribution in [2.45, 2.75) is 19.8 Å². The van der Waals surface area contributed by atoms with Crippen LogP contribution in [0.3, 0.4) is 0 Å². The van der Waals surface area contributed by atoms with Crippen molar-refractivity contribution in [1.29, 1.82) is 0 Å². The van der Waals surface area contributed by atoms with Gasteiger partial charge in [0, 0.05) is 25.3 Å². The maximum atomic E-state index is 13.2. The first kappa shape index (κ1) is 16.4. The lowest BCUT2D eigenvalue weighted by molar-refractivity contribution is 0.584. The van der Waals surface area contributed by atoms with E-state index in [1.165, 1.54) is 0 Å². The van der Waals surface area contributed by atoms with E-state index < -0.39 is 11.6 Å². The normalized spacial score (nSPS) is 10.6. The lowest BCUT2D eigenvalue weighted by Crippen LogP contribution is -2.21. The molecule has 8 heteroatoms. The van der Waals surface area contributed by atoms with Gasteiger partial charge in [0.2, 0.25) is 17.2 Å². The highest BCUT2D eigenvalue weighted by Gasteiger charge is 2.10. The smallest absolute Gasteiger partial charge is 0.233 e. The van der Waals surface area contributed by atoms with Gasteiger partial charge in [0.1, 0.15) is 11.6 Å². The molecule has 0 saturated heterocycles.